The summed E-state index contributed by atoms with van der Waals surface area (Å²) in [6, 6.07) is 5.38. The minimum atomic E-state index is -0.862. The molecule has 20 heavy (non-hydrogen) atoms. The van der Waals surface area contributed by atoms with Crippen LogP contribution in [0.5, 0.6) is 0 Å². The van der Waals surface area contributed by atoms with Crippen LogP contribution >= 0.6 is 0 Å². The first-order chi connectivity index (χ1) is 9.32. The largest absolute Gasteiger partial charge is 0.326 e. The summed E-state index contributed by atoms with van der Waals surface area (Å²) < 4.78 is 0. The van der Waals surface area contributed by atoms with Crippen molar-refractivity contribution in [2.75, 3.05) is 10.6 Å². The molecule has 0 aromatic heterocycles. The Balaban J connectivity index is 2.93. The first kappa shape index (κ1) is 16.2. The molecule has 0 aliphatic heterocycles. The average molecular weight is 277 g/mol. The Bertz CT molecular complexity index is 508. The van der Waals surface area contributed by atoms with Gasteiger partial charge in [-0.15, -0.1) is 0 Å². The van der Waals surface area contributed by atoms with E-state index in [1.165, 1.54) is 6.92 Å². The zero-order valence-electron chi connectivity index (χ0n) is 12.5. The topological polar surface area (TPSA) is 84.2 Å². The fourth-order valence-corrected chi connectivity index (χ4v) is 1.85. The molecule has 0 atom stereocenters. The van der Waals surface area contributed by atoms with Crippen LogP contribution in [0.15, 0.2) is 18.2 Å². The molecule has 4 N–H and O–H groups in total. The van der Waals surface area contributed by atoms with E-state index in [0.717, 1.165) is 5.56 Å². The molecule has 5 heteroatoms. The second-order valence-electron chi connectivity index (χ2n) is 5.03. The molecular weight excluding hydrogens is 254 g/mol. The third kappa shape index (κ3) is 3.81. The van der Waals surface area contributed by atoms with E-state index < -0.39 is 5.54 Å². The zero-order valence-corrected chi connectivity index (χ0v) is 12.5. The number of aryl methyl sites for hydroxylation is 1. The van der Waals surface area contributed by atoms with Gasteiger partial charge in [-0.1, -0.05) is 19.9 Å². The van der Waals surface area contributed by atoms with Gasteiger partial charge in [0.15, 0.2) is 0 Å². The highest BCUT2D eigenvalue weighted by Gasteiger charge is 2.29. The Kier molecular flexibility index (Phi) is 5.27. The minimum absolute atomic E-state index is 0.146. The van der Waals surface area contributed by atoms with Gasteiger partial charge in [0.25, 0.3) is 0 Å². The van der Waals surface area contributed by atoms with Crippen LogP contribution in [0.1, 0.15) is 39.2 Å². The second-order valence-corrected chi connectivity index (χ2v) is 5.03. The summed E-state index contributed by atoms with van der Waals surface area (Å²) in [6.45, 7) is 7.12. The van der Waals surface area contributed by atoms with Crippen molar-refractivity contribution in [2.24, 2.45) is 5.73 Å². The van der Waals surface area contributed by atoms with Gasteiger partial charge >= 0.3 is 0 Å². The number of nitrogens with two attached hydrogens (primary N) is 1. The van der Waals surface area contributed by atoms with Crippen molar-refractivity contribution in [1.29, 1.82) is 0 Å². The molecule has 1 aromatic carbocycles. The SMILES string of the molecule is CCC(N)(CC)C(=O)Nc1ccc(C)c(NC(C)=O)c1. The molecule has 1 rings (SSSR count). The molecular formula is C15H23N3O2. The van der Waals surface area contributed by atoms with Crippen LogP contribution in [-0.4, -0.2) is 17.4 Å². The maximum absolute atomic E-state index is 12.2. The number of carbonyl (C=O) groups excluding carboxylic acids is 2. The van der Waals surface area contributed by atoms with Gasteiger partial charge in [-0.2, -0.15) is 0 Å². The number of benzene rings is 1. The van der Waals surface area contributed by atoms with E-state index in [9.17, 15) is 9.59 Å². The molecule has 1 aromatic rings. The van der Waals surface area contributed by atoms with Crippen LogP contribution in [0.25, 0.3) is 0 Å². The van der Waals surface area contributed by atoms with Crippen LogP contribution < -0.4 is 16.4 Å². The highest BCUT2D eigenvalue weighted by Crippen LogP contribution is 2.22. The van der Waals surface area contributed by atoms with Gasteiger partial charge in [-0.3, -0.25) is 9.59 Å². The highest BCUT2D eigenvalue weighted by molar-refractivity contribution is 5.99. The van der Waals surface area contributed by atoms with Gasteiger partial charge < -0.3 is 16.4 Å². The lowest BCUT2D eigenvalue weighted by Gasteiger charge is -2.25. The van der Waals surface area contributed by atoms with Gasteiger partial charge in [0.2, 0.25) is 11.8 Å². The Hall–Kier alpha value is -1.88. The molecule has 0 radical (unpaired) electrons. The Morgan fingerprint density at radius 3 is 2.30 bits per heavy atom. The van der Waals surface area contributed by atoms with Crippen molar-refractivity contribution in [3.8, 4) is 0 Å². The number of amides is 2. The lowest BCUT2D eigenvalue weighted by molar-refractivity contribution is -0.121. The quantitative estimate of drug-likeness (QED) is 0.772. The summed E-state index contributed by atoms with van der Waals surface area (Å²) in [5.41, 5.74) is 7.44. The third-order valence-corrected chi connectivity index (χ3v) is 3.52. The maximum Gasteiger partial charge on any atom is 0.244 e. The molecule has 110 valence electrons. The predicted molar refractivity (Wildman–Crippen MR) is 81.6 cm³/mol. The highest BCUT2D eigenvalue weighted by atomic mass is 16.2. The lowest BCUT2D eigenvalue weighted by atomic mass is 9.93. The first-order valence-electron chi connectivity index (χ1n) is 6.81. The van der Waals surface area contributed by atoms with Crippen LogP contribution in [0.2, 0.25) is 0 Å². The van der Waals surface area contributed by atoms with Crippen molar-refractivity contribution in [1.82, 2.24) is 0 Å². The van der Waals surface area contributed by atoms with E-state index in [-0.39, 0.29) is 11.8 Å². The van der Waals surface area contributed by atoms with Gasteiger partial charge in [-0.25, -0.2) is 0 Å². The van der Waals surface area contributed by atoms with E-state index in [4.69, 9.17) is 5.73 Å². The van der Waals surface area contributed by atoms with Crippen LogP contribution in [0.4, 0.5) is 11.4 Å². The van der Waals surface area contributed by atoms with E-state index in [2.05, 4.69) is 10.6 Å². The number of hydrogen-bond donors (Lipinski definition) is 3. The van der Waals surface area contributed by atoms with E-state index >= 15 is 0 Å². The molecule has 0 aliphatic carbocycles. The number of hydrogen-bond acceptors (Lipinski definition) is 3. The molecule has 0 fully saturated rings. The number of rotatable bonds is 5. The molecule has 0 aliphatic rings. The van der Waals surface area contributed by atoms with Gasteiger partial charge in [0.1, 0.15) is 0 Å². The summed E-state index contributed by atoms with van der Waals surface area (Å²) in [5.74, 6) is -0.355. The summed E-state index contributed by atoms with van der Waals surface area (Å²) in [7, 11) is 0. The van der Waals surface area contributed by atoms with Crippen molar-refractivity contribution in [2.45, 2.75) is 46.1 Å². The summed E-state index contributed by atoms with van der Waals surface area (Å²) in [5, 5.41) is 5.54. The molecule has 0 bridgehead atoms. The van der Waals surface area contributed by atoms with Crippen LogP contribution in [-0.2, 0) is 9.59 Å². The van der Waals surface area contributed by atoms with E-state index in [1.54, 1.807) is 12.1 Å². The van der Waals surface area contributed by atoms with Crippen molar-refractivity contribution in [3.05, 3.63) is 23.8 Å². The summed E-state index contributed by atoms with van der Waals surface area (Å²) in [4.78, 5) is 23.3. The Morgan fingerprint density at radius 2 is 1.80 bits per heavy atom. The average Bonchev–Trinajstić information content (AvgIpc) is 2.41. The second kappa shape index (κ2) is 6.52. The molecule has 5 nitrogen and oxygen atoms in total. The third-order valence-electron chi connectivity index (χ3n) is 3.52. The minimum Gasteiger partial charge on any atom is -0.326 e. The monoisotopic (exact) mass is 277 g/mol. The molecule has 0 unspecified atom stereocenters. The van der Waals surface area contributed by atoms with Crippen LogP contribution in [0, 0.1) is 6.92 Å². The molecule has 0 saturated carbocycles. The summed E-state index contributed by atoms with van der Waals surface area (Å²) >= 11 is 0. The van der Waals surface area contributed by atoms with Crippen LogP contribution in [0.3, 0.4) is 0 Å². The van der Waals surface area contributed by atoms with Crippen molar-refractivity contribution >= 4 is 23.2 Å². The lowest BCUT2D eigenvalue weighted by Crippen LogP contribution is -2.50. The van der Waals surface area contributed by atoms with Gasteiger partial charge in [0.05, 0.1) is 5.54 Å². The molecule has 2 amide bonds. The maximum atomic E-state index is 12.2. The van der Waals surface area contributed by atoms with E-state index in [0.29, 0.717) is 24.2 Å². The fourth-order valence-electron chi connectivity index (χ4n) is 1.85. The Labute approximate surface area is 119 Å². The van der Waals surface area contributed by atoms with Crippen molar-refractivity contribution < 1.29 is 9.59 Å². The van der Waals surface area contributed by atoms with Gasteiger partial charge in [-0.05, 0) is 37.5 Å². The summed E-state index contributed by atoms with van der Waals surface area (Å²) in [6.07, 6.45) is 1.14. The number of anilines is 2. The van der Waals surface area contributed by atoms with Gasteiger partial charge in [0, 0.05) is 18.3 Å². The molecule has 0 saturated heterocycles. The first-order valence-corrected chi connectivity index (χ1v) is 6.81. The van der Waals surface area contributed by atoms with E-state index in [1.807, 2.05) is 26.8 Å². The molecule has 0 heterocycles. The smallest absolute Gasteiger partial charge is 0.244 e. The normalized spacial score (nSPS) is 11.1. The predicted octanol–water partition coefficient (Wildman–Crippen LogP) is 2.41. The number of nitrogens with one attached hydrogen (secondary N) is 2. The van der Waals surface area contributed by atoms with Crippen molar-refractivity contribution in [3.63, 3.8) is 0 Å². The Morgan fingerprint density at radius 1 is 1.20 bits per heavy atom. The zero-order chi connectivity index (χ0) is 15.3. The number of carbonyl (C=O) groups is 2. The fraction of sp³-hybridized carbons (Fsp3) is 0.467. The standard InChI is InChI=1S/C15H23N3O2/c1-5-15(16,6-2)14(20)18-12-8-7-10(3)13(9-12)17-11(4)19/h7-9H,5-6,16H2,1-4H3,(H,17,19)(H,18,20). The molecule has 0 spiro atoms.